The van der Waals surface area contributed by atoms with E-state index in [0.29, 0.717) is 35.4 Å². The van der Waals surface area contributed by atoms with Gasteiger partial charge in [-0.3, -0.25) is 15.1 Å². The van der Waals surface area contributed by atoms with Crippen LogP contribution in [0.15, 0.2) is 48.1 Å². The lowest BCUT2D eigenvalue weighted by Crippen LogP contribution is -2.12. The summed E-state index contributed by atoms with van der Waals surface area (Å²) in [6.07, 6.45) is 5.48. The molecule has 6 nitrogen and oxygen atoms in total. The van der Waals surface area contributed by atoms with E-state index in [2.05, 4.69) is 22.2 Å². The van der Waals surface area contributed by atoms with Crippen LogP contribution in [0.4, 0.5) is 5.13 Å². The van der Waals surface area contributed by atoms with Gasteiger partial charge in [-0.2, -0.15) is 0 Å². The highest BCUT2D eigenvalue weighted by molar-refractivity contribution is 7.14. The molecule has 146 valence electrons. The average Bonchev–Trinajstić information content (AvgIpc) is 3.18. The molecule has 7 heteroatoms. The number of nitrogens with one attached hydrogen (secondary N) is 1. The molecule has 0 radical (unpaired) electrons. The van der Waals surface area contributed by atoms with Gasteiger partial charge in [0.2, 0.25) is 0 Å². The van der Waals surface area contributed by atoms with Gasteiger partial charge in [-0.25, -0.2) is 4.98 Å². The van der Waals surface area contributed by atoms with Gasteiger partial charge in [0.15, 0.2) is 16.6 Å². The minimum atomic E-state index is -0.242. The number of anilines is 1. The number of carbonyl (C=O) groups is 1. The van der Waals surface area contributed by atoms with Gasteiger partial charge < -0.3 is 9.47 Å². The smallest absolute Gasteiger partial charge is 0.257 e. The lowest BCUT2D eigenvalue weighted by Gasteiger charge is -2.13. The number of aromatic nitrogens is 2. The third-order valence-corrected chi connectivity index (χ3v) is 4.70. The number of benzene rings is 1. The van der Waals surface area contributed by atoms with Crippen LogP contribution in [-0.4, -0.2) is 29.1 Å². The molecule has 1 amide bonds. The Kier molecular flexibility index (Phi) is 6.97. The van der Waals surface area contributed by atoms with Crippen LogP contribution in [0.1, 0.15) is 37.0 Å². The van der Waals surface area contributed by atoms with Crippen LogP contribution in [0.25, 0.3) is 11.3 Å². The van der Waals surface area contributed by atoms with E-state index in [4.69, 9.17) is 9.47 Å². The molecule has 0 bridgehead atoms. The molecular formula is C21H23N3O3S. The largest absolute Gasteiger partial charge is 0.490 e. The number of hydrogen-bond acceptors (Lipinski definition) is 6. The first-order valence-corrected chi connectivity index (χ1v) is 10.2. The summed E-state index contributed by atoms with van der Waals surface area (Å²) in [4.78, 5) is 21.2. The van der Waals surface area contributed by atoms with Crippen LogP contribution < -0.4 is 14.8 Å². The number of carbonyl (C=O) groups excluding carboxylic acids is 1. The molecule has 1 N–H and O–H groups in total. The van der Waals surface area contributed by atoms with E-state index in [1.54, 1.807) is 30.6 Å². The number of thiazole rings is 1. The number of ether oxygens (including phenoxy) is 2. The summed E-state index contributed by atoms with van der Waals surface area (Å²) in [7, 11) is 0. The van der Waals surface area contributed by atoms with Gasteiger partial charge in [-0.05, 0) is 43.7 Å². The Labute approximate surface area is 168 Å². The summed E-state index contributed by atoms with van der Waals surface area (Å²) in [6, 6.07) is 8.99. The molecule has 3 aromatic rings. The van der Waals surface area contributed by atoms with Crippen molar-refractivity contribution >= 4 is 22.4 Å². The van der Waals surface area contributed by atoms with Crippen molar-refractivity contribution in [3.05, 3.63) is 53.7 Å². The monoisotopic (exact) mass is 397 g/mol. The van der Waals surface area contributed by atoms with Gasteiger partial charge in [-0.1, -0.05) is 13.3 Å². The Balaban J connectivity index is 1.71. The highest BCUT2D eigenvalue weighted by atomic mass is 32.1. The van der Waals surface area contributed by atoms with Gasteiger partial charge in [0, 0.05) is 28.9 Å². The number of unbranched alkanes of at least 4 members (excludes halogenated alkanes) is 1. The molecule has 0 aliphatic rings. The maximum absolute atomic E-state index is 12.6. The first kappa shape index (κ1) is 19.8. The first-order chi connectivity index (χ1) is 13.7. The normalized spacial score (nSPS) is 10.5. The van der Waals surface area contributed by atoms with Crippen LogP contribution in [0.2, 0.25) is 0 Å². The summed E-state index contributed by atoms with van der Waals surface area (Å²) in [5.74, 6) is 0.981. The van der Waals surface area contributed by atoms with Crippen molar-refractivity contribution in [1.29, 1.82) is 0 Å². The molecule has 2 aromatic heterocycles. The Morgan fingerprint density at radius 2 is 2.07 bits per heavy atom. The van der Waals surface area contributed by atoms with E-state index in [1.165, 1.54) is 11.3 Å². The molecular weight excluding hydrogens is 374 g/mol. The van der Waals surface area contributed by atoms with Crippen molar-refractivity contribution in [2.24, 2.45) is 0 Å². The Hall–Kier alpha value is -2.93. The zero-order chi connectivity index (χ0) is 19.8. The second kappa shape index (κ2) is 9.85. The third kappa shape index (κ3) is 5.07. The zero-order valence-corrected chi connectivity index (χ0v) is 16.8. The molecule has 0 aliphatic carbocycles. The Bertz CT molecular complexity index is 912. The molecule has 0 aliphatic heterocycles. The van der Waals surface area contributed by atoms with Crippen molar-refractivity contribution in [3.63, 3.8) is 0 Å². The maximum atomic E-state index is 12.6. The third-order valence-electron chi connectivity index (χ3n) is 3.94. The summed E-state index contributed by atoms with van der Waals surface area (Å²) in [5.41, 5.74) is 2.18. The first-order valence-electron chi connectivity index (χ1n) is 9.28. The second-order valence-corrected chi connectivity index (χ2v) is 6.89. The molecule has 3 rings (SSSR count). The van der Waals surface area contributed by atoms with Crippen LogP contribution in [0.3, 0.4) is 0 Å². The number of amides is 1. The van der Waals surface area contributed by atoms with Crippen molar-refractivity contribution in [1.82, 2.24) is 9.97 Å². The SMILES string of the molecule is CCCCOc1ccc(C(=O)Nc2nc(-c3cccnc3)cs2)cc1OCC. The summed E-state index contributed by atoms with van der Waals surface area (Å²) in [6.45, 7) is 5.13. The molecule has 0 saturated heterocycles. The Morgan fingerprint density at radius 3 is 2.82 bits per heavy atom. The predicted octanol–water partition coefficient (Wildman–Crippen LogP) is 5.04. The maximum Gasteiger partial charge on any atom is 0.257 e. The number of pyridine rings is 1. The molecule has 0 fully saturated rings. The van der Waals surface area contributed by atoms with Crippen molar-refractivity contribution in [2.45, 2.75) is 26.7 Å². The van der Waals surface area contributed by atoms with E-state index in [9.17, 15) is 4.79 Å². The Morgan fingerprint density at radius 1 is 1.18 bits per heavy atom. The number of rotatable bonds is 9. The summed E-state index contributed by atoms with van der Waals surface area (Å²) >= 11 is 1.37. The topological polar surface area (TPSA) is 73.3 Å². The minimum absolute atomic E-state index is 0.242. The molecule has 0 atom stereocenters. The molecule has 0 unspecified atom stereocenters. The standard InChI is InChI=1S/C21H23N3O3S/c1-3-5-11-27-18-9-8-15(12-19(18)26-4-2)20(25)24-21-23-17(14-28-21)16-7-6-10-22-13-16/h6-10,12-14H,3-5,11H2,1-2H3,(H,23,24,25). The fourth-order valence-corrected chi connectivity index (χ4v) is 3.23. The van der Waals surface area contributed by atoms with Crippen LogP contribution in [-0.2, 0) is 0 Å². The van der Waals surface area contributed by atoms with Gasteiger partial charge in [0.1, 0.15) is 0 Å². The van der Waals surface area contributed by atoms with E-state index < -0.39 is 0 Å². The van der Waals surface area contributed by atoms with Crippen molar-refractivity contribution < 1.29 is 14.3 Å². The number of hydrogen-bond donors (Lipinski definition) is 1. The second-order valence-electron chi connectivity index (χ2n) is 6.03. The summed E-state index contributed by atoms with van der Waals surface area (Å²) < 4.78 is 11.4. The lowest BCUT2D eigenvalue weighted by molar-refractivity contribution is 0.102. The van der Waals surface area contributed by atoms with Gasteiger partial charge in [-0.15, -0.1) is 11.3 Å². The lowest BCUT2D eigenvalue weighted by atomic mass is 10.2. The zero-order valence-electron chi connectivity index (χ0n) is 16.0. The fourth-order valence-electron chi connectivity index (χ4n) is 2.51. The highest BCUT2D eigenvalue weighted by Gasteiger charge is 2.14. The fraction of sp³-hybridized carbons (Fsp3) is 0.286. The predicted molar refractivity (Wildman–Crippen MR) is 111 cm³/mol. The van der Waals surface area contributed by atoms with E-state index in [1.807, 2.05) is 24.4 Å². The van der Waals surface area contributed by atoms with Crippen LogP contribution in [0, 0.1) is 0 Å². The molecule has 0 spiro atoms. The van der Waals surface area contributed by atoms with E-state index >= 15 is 0 Å². The van der Waals surface area contributed by atoms with Gasteiger partial charge >= 0.3 is 0 Å². The van der Waals surface area contributed by atoms with Crippen LogP contribution >= 0.6 is 11.3 Å². The number of nitrogens with zero attached hydrogens (tertiary/aromatic N) is 2. The van der Waals surface area contributed by atoms with Crippen molar-refractivity contribution in [2.75, 3.05) is 18.5 Å². The molecule has 2 heterocycles. The summed E-state index contributed by atoms with van der Waals surface area (Å²) in [5, 5.41) is 5.27. The van der Waals surface area contributed by atoms with Gasteiger partial charge in [0.05, 0.1) is 18.9 Å². The molecule has 28 heavy (non-hydrogen) atoms. The van der Waals surface area contributed by atoms with Crippen LogP contribution in [0.5, 0.6) is 11.5 Å². The van der Waals surface area contributed by atoms with E-state index in [0.717, 1.165) is 24.1 Å². The average molecular weight is 398 g/mol. The molecule has 1 aromatic carbocycles. The van der Waals surface area contributed by atoms with E-state index in [-0.39, 0.29) is 5.91 Å². The van der Waals surface area contributed by atoms with Gasteiger partial charge in [0.25, 0.3) is 5.91 Å². The highest BCUT2D eigenvalue weighted by Crippen LogP contribution is 2.30. The quantitative estimate of drug-likeness (QED) is 0.512. The molecule has 0 saturated carbocycles. The minimum Gasteiger partial charge on any atom is -0.490 e. The van der Waals surface area contributed by atoms with Crippen molar-refractivity contribution in [3.8, 4) is 22.8 Å².